The Bertz CT molecular complexity index is 400. The van der Waals surface area contributed by atoms with E-state index in [0.717, 1.165) is 25.0 Å². The molecule has 0 amide bonds. The van der Waals surface area contributed by atoms with Crippen LogP contribution in [-0.2, 0) is 21.7 Å². The third-order valence-electron chi connectivity index (χ3n) is 1.90. The van der Waals surface area contributed by atoms with E-state index in [4.69, 9.17) is 0 Å². The topological polar surface area (TPSA) is 0 Å². The first kappa shape index (κ1) is 17.8. The van der Waals surface area contributed by atoms with Crippen LogP contribution in [0.3, 0.4) is 0 Å². The van der Waals surface area contributed by atoms with Crippen molar-refractivity contribution in [3.63, 3.8) is 0 Å². The van der Waals surface area contributed by atoms with Crippen molar-refractivity contribution in [2.75, 3.05) is 0 Å². The summed E-state index contributed by atoms with van der Waals surface area (Å²) in [5, 5.41) is 0. The fraction of sp³-hybridized carbons (Fsp3) is 0.125. The minimum atomic E-state index is -0.662. The second-order valence-electron chi connectivity index (χ2n) is 3.36. The van der Waals surface area contributed by atoms with Gasteiger partial charge in [0, 0.05) is 11.6 Å². The molecule has 95 valence electrons. The largest absolute Gasteiger partial charge is 3.00 e. The van der Waals surface area contributed by atoms with Gasteiger partial charge in [-0.05, 0) is 0 Å². The van der Waals surface area contributed by atoms with Crippen molar-refractivity contribution in [1.29, 1.82) is 0 Å². The third kappa shape index (κ3) is 10.4. The fourth-order valence-electron chi connectivity index (χ4n) is 1.09. The monoisotopic (exact) mass is 291 g/mol. The molecule has 1 aromatic rings. The normalized spacial score (nSPS) is 13.2. The summed E-state index contributed by atoms with van der Waals surface area (Å²) in [6, 6.07) is 5.28. The van der Waals surface area contributed by atoms with Gasteiger partial charge in [-0.2, -0.15) is 18.2 Å². The van der Waals surface area contributed by atoms with Gasteiger partial charge in [0.15, 0.2) is 0 Å². The first-order valence-corrected chi connectivity index (χ1v) is 5.55. The van der Waals surface area contributed by atoms with Crippen molar-refractivity contribution in [3.8, 4) is 0 Å². The summed E-state index contributed by atoms with van der Waals surface area (Å²) in [6.45, 7) is 0. The van der Waals surface area contributed by atoms with Crippen molar-refractivity contribution in [3.05, 3.63) is 84.5 Å². The van der Waals surface area contributed by atoms with Gasteiger partial charge >= 0.3 is 21.7 Å². The predicted molar refractivity (Wildman–Crippen MR) is 68.3 cm³/mol. The molecule has 0 heterocycles. The fourth-order valence-corrected chi connectivity index (χ4v) is 1.09. The molecule has 1 radical (unpaired) electrons. The maximum absolute atomic E-state index is 11.9. The van der Waals surface area contributed by atoms with Gasteiger partial charge in [-0.3, -0.25) is 12.2 Å². The molecule has 3 heteroatoms. The molecule has 0 spiro atoms. The molecule has 0 unspecified atom stereocenters. The number of hydrogen-bond donors (Lipinski definition) is 0. The minimum Gasteiger partial charge on any atom is -0.273 e. The van der Waals surface area contributed by atoms with E-state index < -0.39 is 11.6 Å². The Hall–Kier alpha value is -1.25. The van der Waals surface area contributed by atoms with Gasteiger partial charge in [0.2, 0.25) is 0 Å². The van der Waals surface area contributed by atoms with Crippen LogP contribution in [0.2, 0.25) is 0 Å². The molecule has 0 aliphatic heterocycles. The van der Waals surface area contributed by atoms with Crippen LogP contribution in [0.25, 0.3) is 0 Å². The Morgan fingerprint density at radius 2 is 1.53 bits per heavy atom. The van der Waals surface area contributed by atoms with Gasteiger partial charge < -0.3 is 0 Å². The van der Waals surface area contributed by atoms with Gasteiger partial charge in [0.1, 0.15) is 0 Å². The minimum absolute atomic E-state index is 0. The molecule has 0 N–H and O–H groups in total. The summed E-state index contributed by atoms with van der Waals surface area (Å²) in [4.78, 5) is 0. The van der Waals surface area contributed by atoms with E-state index in [9.17, 15) is 8.78 Å². The van der Waals surface area contributed by atoms with Gasteiger partial charge in [0.25, 0.3) is 0 Å². The van der Waals surface area contributed by atoms with E-state index in [1.165, 1.54) is 6.07 Å². The van der Waals surface area contributed by atoms with Gasteiger partial charge in [-0.15, -0.1) is 31.0 Å². The number of halogens is 2. The Morgan fingerprint density at radius 3 is 1.74 bits per heavy atom. The Morgan fingerprint density at radius 1 is 0.947 bits per heavy atom. The second kappa shape index (κ2) is 11.8. The van der Waals surface area contributed by atoms with E-state index in [-0.39, 0.29) is 21.7 Å². The SMILES string of the molecule is Fc1[c-]ccc(F)c1.[C-]1=CC=CC1.[C-]1=CC=CC1.[Ti+3]. The maximum atomic E-state index is 11.9. The van der Waals surface area contributed by atoms with Crippen LogP contribution < -0.4 is 0 Å². The molecule has 0 aromatic heterocycles. The van der Waals surface area contributed by atoms with E-state index in [1.807, 2.05) is 24.3 Å². The van der Waals surface area contributed by atoms with Crippen molar-refractivity contribution < 1.29 is 30.5 Å². The van der Waals surface area contributed by atoms with Crippen molar-refractivity contribution in [2.45, 2.75) is 12.8 Å². The molecule has 0 saturated heterocycles. The van der Waals surface area contributed by atoms with Gasteiger partial charge in [-0.1, -0.05) is 0 Å². The van der Waals surface area contributed by atoms with Crippen LogP contribution in [0.15, 0.2) is 54.7 Å². The molecular formula is C16H13F2Ti. The molecule has 0 saturated carbocycles. The summed E-state index contributed by atoms with van der Waals surface area (Å²) < 4.78 is 23.8. The molecule has 0 fully saturated rings. The van der Waals surface area contributed by atoms with Crippen LogP contribution in [-0.4, -0.2) is 0 Å². The van der Waals surface area contributed by atoms with Crippen LogP contribution in [0.4, 0.5) is 8.78 Å². The van der Waals surface area contributed by atoms with E-state index in [0.29, 0.717) is 0 Å². The Balaban J connectivity index is 0.000000259. The smallest absolute Gasteiger partial charge is 0.273 e. The van der Waals surface area contributed by atoms with Crippen molar-refractivity contribution in [2.24, 2.45) is 0 Å². The average molecular weight is 291 g/mol. The number of benzene rings is 1. The number of allylic oxidation sites excluding steroid dienone is 8. The summed E-state index contributed by atoms with van der Waals surface area (Å²) >= 11 is 0. The zero-order valence-electron chi connectivity index (χ0n) is 10.4. The van der Waals surface area contributed by atoms with Gasteiger partial charge in [0.05, 0.1) is 0 Å². The Labute approximate surface area is 128 Å². The zero-order chi connectivity index (χ0) is 13.1. The molecule has 2 aliphatic carbocycles. The van der Waals surface area contributed by atoms with Crippen molar-refractivity contribution >= 4 is 0 Å². The Kier molecular flexibility index (Phi) is 11.0. The van der Waals surface area contributed by atoms with Crippen LogP contribution in [0.5, 0.6) is 0 Å². The standard InChI is InChI=1S/C6H3F2.2C5H5.Ti/c7-5-2-1-3-6(8)4-5;2*1-2-4-5-3-1;/h1-2,4H;2*1-3H,4H2;/q3*-1;+3. The van der Waals surface area contributed by atoms with Gasteiger partial charge in [-0.25, -0.2) is 33.1 Å². The van der Waals surface area contributed by atoms with E-state index in [2.05, 4.69) is 30.4 Å². The van der Waals surface area contributed by atoms with Crippen LogP contribution in [0, 0.1) is 29.9 Å². The summed E-state index contributed by atoms with van der Waals surface area (Å²) in [5.74, 6) is -1.23. The maximum Gasteiger partial charge on any atom is 3.00 e. The first-order chi connectivity index (χ1) is 8.79. The first-order valence-electron chi connectivity index (χ1n) is 5.55. The van der Waals surface area contributed by atoms with E-state index in [1.54, 1.807) is 0 Å². The summed E-state index contributed by atoms with van der Waals surface area (Å²) in [6.07, 6.45) is 20.0. The summed E-state index contributed by atoms with van der Waals surface area (Å²) in [5.41, 5.74) is 0. The molecule has 0 bridgehead atoms. The van der Waals surface area contributed by atoms with Crippen LogP contribution in [0.1, 0.15) is 12.8 Å². The molecule has 0 atom stereocenters. The number of rotatable bonds is 0. The van der Waals surface area contributed by atoms with E-state index >= 15 is 0 Å². The number of hydrogen-bond acceptors (Lipinski definition) is 0. The average Bonchev–Trinajstić information content (AvgIpc) is 3.09. The molecule has 1 aromatic carbocycles. The second-order valence-corrected chi connectivity index (χ2v) is 3.36. The molecule has 19 heavy (non-hydrogen) atoms. The molecular weight excluding hydrogens is 278 g/mol. The quantitative estimate of drug-likeness (QED) is 0.492. The third-order valence-corrected chi connectivity index (χ3v) is 1.90. The molecule has 2 aliphatic rings. The zero-order valence-corrected chi connectivity index (χ0v) is 11.9. The van der Waals surface area contributed by atoms with Crippen LogP contribution >= 0.6 is 0 Å². The predicted octanol–water partition coefficient (Wildman–Crippen LogP) is 4.37. The molecule has 3 rings (SSSR count). The summed E-state index contributed by atoms with van der Waals surface area (Å²) in [7, 11) is 0. The molecule has 0 nitrogen and oxygen atoms in total. The van der Waals surface area contributed by atoms with Crippen molar-refractivity contribution in [1.82, 2.24) is 0 Å².